The number of primary amides is 1. The van der Waals surface area contributed by atoms with E-state index in [1.54, 1.807) is 48.7 Å². The molecule has 0 aliphatic carbocycles. The molecular formula is C27H28N6O4S. The number of pyridine rings is 1. The second-order valence-electron chi connectivity index (χ2n) is 9.61. The summed E-state index contributed by atoms with van der Waals surface area (Å²) in [6, 6.07) is 14.7. The molecule has 1 atom stereocenters. The number of benzene rings is 2. The van der Waals surface area contributed by atoms with Gasteiger partial charge in [0.1, 0.15) is 16.7 Å². The molecule has 4 aromatic rings. The van der Waals surface area contributed by atoms with Gasteiger partial charge in [0.05, 0.1) is 18.3 Å². The molecular weight excluding hydrogens is 504 g/mol. The van der Waals surface area contributed by atoms with Gasteiger partial charge in [0.2, 0.25) is 5.91 Å². The maximum atomic E-state index is 14.1. The highest BCUT2D eigenvalue weighted by Crippen LogP contribution is 2.35. The Labute approximate surface area is 223 Å². The number of hydrogen-bond acceptors (Lipinski definition) is 8. The zero-order valence-corrected chi connectivity index (χ0v) is 22.2. The zero-order chi connectivity index (χ0) is 27.6. The Kier molecular flexibility index (Phi) is 7.31. The number of methoxy groups -OCH3 is 1. The number of hydrogen-bond donors (Lipinski definition) is 3. The highest BCUT2D eigenvalue weighted by molar-refractivity contribution is 7.09. The number of carbonyl (C=O) groups excluding carboxylic acids is 3. The first-order valence-corrected chi connectivity index (χ1v) is 12.5. The van der Waals surface area contributed by atoms with Crippen molar-refractivity contribution in [2.24, 2.45) is 5.73 Å². The van der Waals surface area contributed by atoms with E-state index in [1.807, 2.05) is 32.9 Å². The van der Waals surface area contributed by atoms with Crippen LogP contribution in [0.25, 0.3) is 10.9 Å². The van der Waals surface area contributed by atoms with Crippen molar-refractivity contribution in [2.75, 3.05) is 17.7 Å². The summed E-state index contributed by atoms with van der Waals surface area (Å²) in [7, 11) is 1.53. The van der Waals surface area contributed by atoms with Gasteiger partial charge in [-0.3, -0.25) is 24.3 Å². The van der Waals surface area contributed by atoms with E-state index in [0.29, 0.717) is 17.0 Å². The molecule has 4 rings (SSSR count). The van der Waals surface area contributed by atoms with Crippen molar-refractivity contribution >= 4 is 51.5 Å². The average Bonchev–Trinajstić information content (AvgIpc) is 3.27. The van der Waals surface area contributed by atoms with Crippen LogP contribution in [0.4, 0.5) is 11.4 Å². The van der Waals surface area contributed by atoms with E-state index in [4.69, 9.17) is 16.2 Å². The molecule has 0 aliphatic rings. The van der Waals surface area contributed by atoms with Gasteiger partial charge in [-0.1, -0.05) is 12.1 Å². The van der Waals surface area contributed by atoms with Gasteiger partial charge in [-0.15, -0.1) is 0 Å². The molecule has 0 spiro atoms. The largest absolute Gasteiger partial charge is 0.497 e. The Morgan fingerprint density at radius 3 is 2.39 bits per heavy atom. The summed E-state index contributed by atoms with van der Waals surface area (Å²) in [5.74, 6) is -1.30. The average molecular weight is 533 g/mol. The number of aromatic nitrogens is 2. The summed E-state index contributed by atoms with van der Waals surface area (Å²) >= 11 is 0.750. The Morgan fingerprint density at radius 1 is 1.08 bits per heavy atom. The molecule has 0 saturated heterocycles. The predicted molar refractivity (Wildman–Crippen MR) is 147 cm³/mol. The molecule has 1 unspecified atom stereocenters. The van der Waals surface area contributed by atoms with Gasteiger partial charge in [-0.25, -0.2) is 0 Å². The van der Waals surface area contributed by atoms with Crippen molar-refractivity contribution in [3.05, 3.63) is 76.9 Å². The van der Waals surface area contributed by atoms with Crippen LogP contribution in [-0.2, 0) is 4.79 Å². The quantitative estimate of drug-likeness (QED) is 0.328. The maximum Gasteiger partial charge on any atom is 0.273 e. The molecule has 11 heteroatoms. The summed E-state index contributed by atoms with van der Waals surface area (Å²) in [6.45, 7) is 5.56. The lowest BCUT2D eigenvalue weighted by Crippen LogP contribution is -2.49. The summed E-state index contributed by atoms with van der Waals surface area (Å²) in [5.41, 5.74) is 12.3. The third-order valence-electron chi connectivity index (χ3n) is 5.67. The fourth-order valence-corrected chi connectivity index (χ4v) is 4.73. The van der Waals surface area contributed by atoms with Crippen LogP contribution in [0.2, 0.25) is 0 Å². The first kappa shape index (κ1) is 26.6. The Morgan fingerprint density at radius 2 is 1.79 bits per heavy atom. The SMILES string of the molecule is COc1ccc(N(C(=O)c2snc(C(N)=O)c2N)C(C(=O)NC(C)(C)C)c2ccc3ncccc3c2)cc1. The highest BCUT2D eigenvalue weighted by Gasteiger charge is 2.37. The second-order valence-corrected chi connectivity index (χ2v) is 10.4. The predicted octanol–water partition coefficient (Wildman–Crippen LogP) is 3.68. The van der Waals surface area contributed by atoms with Gasteiger partial charge >= 0.3 is 0 Å². The second kappa shape index (κ2) is 10.5. The minimum absolute atomic E-state index is 0.00867. The van der Waals surface area contributed by atoms with E-state index in [1.165, 1.54) is 12.0 Å². The van der Waals surface area contributed by atoms with Crippen LogP contribution in [0.15, 0.2) is 60.8 Å². The van der Waals surface area contributed by atoms with Crippen LogP contribution in [0, 0.1) is 0 Å². The first-order chi connectivity index (χ1) is 18.0. The van der Waals surface area contributed by atoms with E-state index in [0.717, 1.165) is 22.4 Å². The molecule has 2 aromatic carbocycles. The van der Waals surface area contributed by atoms with Gasteiger partial charge < -0.3 is 21.5 Å². The molecule has 0 fully saturated rings. The van der Waals surface area contributed by atoms with E-state index in [2.05, 4.69) is 14.7 Å². The molecule has 38 heavy (non-hydrogen) atoms. The van der Waals surface area contributed by atoms with Crippen molar-refractivity contribution in [1.29, 1.82) is 0 Å². The highest BCUT2D eigenvalue weighted by atomic mass is 32.1. The van der Waals surface area contributed by atoms with E-state index in [-0.39, 0.29) is 16.3 Å². The minimum Gasteiger partial charge on any atom is -0.497 e. The summed E-state index contributed by atoms with van der Waals surface area (Å²) in [5, 5.41) is 3.79. The first-order valence-electron chi connectivity index (χ1n) is 11.7. The van der Waals surface area contributed by atoms with E-state index >= 15 is 0 Å². The van der Waals surface area contributed by atoms with Crippen molar-refractivity contribution in [3.8, 4) is 5.75 Å². The van der Waals surface area contributed by atoms with Gasteiger partial charge in [0.25, 0.3) is 11.8 Å². The van der Waals surface area contributed by atoms with Crippen molar-refractivity contribution in [3.63, 3.8) is 0 Å². The molecule has 0 bridgehead atoms. The Bertz CT molecular complexity index is 1510. The molecule has 0 aliphatic heterocycles. The van der Waals surface area contributed by atoms with Crippen molar-refractivity contribution in [2.45, 2.75) is 32.4 Å². The van der Waals surface area contributed by atoms with Gasteiger partial charge in [0.15, 0.2) is 5.69 Å². The maximum absolute atomic E-state index is 14.1. The fraction of sp³-hybridized carbons (Fsp3) is 0.222. The Hall–Kier alpha value is -4.51. The normalized spacial score (nSPS) is 12.1. The zero-order valence-electron chi connectivity index (χ0n) is 21.4. The van der Waals surface area contributed by atoms with Crippen LogP contribution < -0.4 is 26.4 Å². The molecule has 5 N–H and O–H groups in total. The standard InChI is InChI=1S/C27H28N6O4S/c1-27(2,3)31-25(35)22(16-7-12-19-15(14-16)6-5-13-30-19)33(17-8-10-18(37-4)11-9-17)26(36)23-20(28)21(24(29)34)32-38-23/h5-14,22H,28H2,1-4H3,(H2,29,34)(H,31,35). The third-order valence-corrected chi connectivity index (χ3v) is 6.52. The van der Waals surface area contributed by atoms with Crippen LogP contribution in [-0.4, -0.2) is 39.7 Å². The number of amides is 3. The van der Waals surface area contributed by atoms with Crippen molar-refractivity contribution in [1.82, 2.24) is 14.7 Å². The smallest absolute Gasteiger partial charge is 0.273 e. The molecule has 2 heterocycles. The summed E-state index contributed by atoms with van der Waals surface area (Å²) < 4.78 is 9.26. The monoisotopic (exact) mass is 532 g/mol. The van der Waals surface area contributed by atoms with E-state index < -0.39 is 29.3 Å². The molecule has 2 aromatic heterocycles. The molecule has 196 valence electrons. The number of anilines is 2. The number of nitrogens with two attached hydrogens (primary N) is 2. The molecule has 10 nitrogen and oxygen atoms in total. The lowest BCUT2D eigenvalue weighted by atomic mass is 9.98. The molecule has 0 radical (unpaired) electrons. The fourth-order valence-electron chi connectivity index (χ4n) is 3.98. The lowest BCUT2D eigenvalue weighted by molar-refractivity contribution is -0.123. The van der Waals surface area contributed by atoms with E-state index in [9.17, 15) is 14.4 Å². The molecule has 3 amide bonds. The molecule has 0 saturated carbocycles. The Balaban J connectivity index is 1.94. The summed E-state index contributed by atoms with van der Waals surface area (Å²) in [6.07, 6.45) is 1.68. The number of carbonyl (C=O) groups is 3. The van der Waals surface area contributed by atoms with Gasteiger partial charge in [-0.2, -0.15) is 4.37 Å². The number of fused-ring (bicyclic) bond motifs is 1. The number of rotatable bonds is 7. The lowest BCUT2D eigenvalue weighted by Gasteiger charge is -2.33. The van der Waals surface area contributed by atoms with Gasteiger partial charge in [0, 0.05) is 22.8 Å². The van der Waals surface area contributed by atoms with Crippen LogP contribution >= 0.6 is 11.5 Å². The van der Waals surface area contributed by atoms with Gasteiger partial charge in [-0.05, 0) is 80.3 Å². The van der Waals surface area contributed by atoms with Crippen LogP contribution in [0.3, 0.4) is 0 Å². The van der Waals surface area contributed by atoms with Crippen LogP contribution in [0.1, 0.15) is 52.5 Å². The van der Waals surface area contributed by atoms with Crippen LogP contribution in [0.5, 0.6) is 5.75 Å². The van der Waals surface area contributed by atoms with Crippen molar-refractivity contribution < 1.29 is 19.1 Å². The number of nitrogens with one attached hydrogen (secondary N) is 1. The number of nitrogen functional groups attached to an aromatic ring is 1. The number of nitrogens with zero attached hydrogens (tertiary/aromatic N) is 3. The third kappa shape index (κ3) is 5.42. The minimum atomic E-state index is -1.11. The number of ether oxygens (including phenoxy) is 1. The topological polar surface area (TPSA) is 154 Å². The summed E-state index contributed by atoms with van der Waals surface area (Å²) in [4.78, 5) is 45.5.